The number of nitrogens with two attached hydrogens (primary N) is 1. The van der Waals surface area contributed by atoms with Gasteiger partial charge in [-0.05, 0) is 6.92 Å². The van der Waals surface area contributed by atoms with Crippen LogP contribution in [-0.2, 0) is 6.42 Å². The first-order valence-electron chi connectivity index (χ1n) is 5.42. The molecule has 0 saturated carbocycles. The molecule has 0 aliphatic heterocycles. The Bertz CT molecular complexity index is 554. The number of nitrogens with one attached hydrogen (secondary N) is 1. The molecule has 3 N–H and O–H groups in total. The van der Waals surface area contributed by atoms with E-state index in [1.807, 2.05) is 12.3 Å². The highest BCUT2D eigenvalue weighted by molar-refractivity contribution is 7.09. The molecule has 2 heterocycles. The second kappa shape index (κ2) is 5.54. The lowest BCUT2D eigenvalue weighted by atomic mass is 10.4. The van der Waals surface area contributed by atoms with Crippen LogP contribution in [0.3, 0.4) is 0 Å². The van der Waals surface area contributed by atoms with Crippen molar-refractivity contribution in [1.29, 1.82) is 0 Å². The van der Waals surface area contributed by atoms with Gasteiger partial charge in [0.1, 0.15) is 11.5 Å². The zero-order chi connectivity index (χ0) is 13.0. The Morgan fingerprint density at radius 2 is 2.28 bits per heavy atom. The number of primary amides is 1. The standard InChI is InChI=1S/C11H13N5OS/c1-7-6-18-10(15-7)2-3-14-9-5-13-4-8(16-9)11(12)17/h4-6H,2-3H2,1H3,(H2,12,17)(H,14,16). The van der Waals surface area contributed by atoms with E-state index in [2.05, 4.69) is 20.3 Å². The van der Waals surface area contributed by atoms with Crippen LogP contribution >= 0.6 is 11.3 Å². The summed E-state index contributed by atoms with van der Waals surface area (Å²) in [5, 5.41) is 6.17. The van der Waals surface area contributed by atoms with Gasteiger partial charge in [-0.2, -0.15) is 0 Å². The lowest BCUT2D eigenvalue weighted by Crippen LogP contribution is -2.15. The molecule has 0 atom stereocenters. The Morgan fingerprint density at radius 1 is 1.44 bits per heavy atom. The van der Waals surface area contributed by atoms with Crippen LogP contribution < -0.4 is 11.1 Å². The van der Waals surface area contributed by atoms with Gasteiger partial charge in [0.2, 0.25) is 0 Å². The molecule has 2 aromatic rings. The third-order valence-corrected chi connectivity index (χ3v) is 3.23. The summed E-state index contributed by atoms with van der Waals surface area (Å²) in [7, 11) is 0. The summed E-state index contributed by atoms with van der Waals surface area (Å²) in [5.41, 5.74) is 6.32. The molecule has 0 bridgehead atoms. The smallest absolute Gasteiger partial charge is 0.268 e. The number of anilines is 1. The van der Waals surface area contributed by atoms with Crippen molar-refractivity contribution in [3.05, 3.63) is 34.2 Å². The number of aryl methyl sites for hydroxylation is 1. The van der Waals surface area contributed by atoms with Gasteiger partial charge in [0, 0.05) is 24.0 Å². The van der Waals surface area contributed by atoms with E-state index in [0.29, 0.717) is 12.4 Å². The molecule has 0 saturated heterocycles. The fraction of sp³-hybridized carbons (Fsp3) is 0.273. The normalized spacial score (nSPS) is 10.3. The molecule has 94 valence electrons. The Balaban J connectivity index is 1.90. The second-order valence-electron chi connectivity index (χ2n) is 3.71. The fourth-order valence-corrected chi connectivity index (χ4v) is 2.16. The molecule has 7 heteroatoms. The van der Waals surface area contributed by atoms with E-state index in [-0.39, 0.29) is 5.69 Å². The van der Waals surface area contributed by atoms with Crippen molar-refractivity contribution in [3.63, 3.8) is 0 Å². The van der Waals surface area contributed by atoms with Crippen LogP contribution in [0.2, 0.25) is 0 Å². The monoisotopic (exact) mass is 263 g/mol. The quantitative estimate of drug-likeness (QED) is 0.839. The maximum Gasteiger partial charge on any atom is 0.268 e. The van der Waals surface area contributed by atoms with Crippen LogP contribution in [0.25, 0.3) is 0 Å². The number of rotatable bonds is 5. The molecule has 18 heavy (non-hydrogen) atoms. The average Bonchev–Trinajstić information content (AvgIpc) is 2.75. The van der Waals surface area contributed by atoms with Crippen molar-refractivity contribution in [3.8, 4) is 0 Å². The van der Waals surface area contributed by atoms with E-state index in [0.717, 1.165) is 17.1 Å². The number of hydrogen-bond donors (Lipinski definition) is 2. The first-order chi connectivity index (χ1) is 8.65. The van der Waals surface area contributed by atoms with Crippen molar-refractivity contribution >= 4 is 23.1 Å². The largest absolute Gasteiger partial charge is 0.368 e. The Morgan fingerprint density at radius 3 is 2.94 bits per heavy atom. The minimum Gasteiger partial charge on any atom is -0.368 e. The van der Waals surface area contributed by atoms with E-state index in [1.54, 1.807) is 17.5 Å². The third-order valence-electron chi connectivity index (χ3n) is 2.20. The molecule has 2 rings (SSSR count). The third kappa shape index (κ3) is 3.24. The zero-order valence-corrected chi connectivity index (χ0v) is 10.7. The Hall–Kier alpha value is -2.02. The highest BCUT2D eigenvalue weighted by Gasteiger charge is 2.04. The van der Waals surface area contributed by atoms with Crippen LogP contribution in [0.15, 0.2) is 17.8 Å². The number of hydrogen-bond acceptors (Lipinski definition) is 6. The van der Waals surface area contributed by atoms with Crippen molar-refractivity contribution in [2.75, 3.05) is 11.9 Å². The van der Waals surface area contributed by atoms with Crippen molar-refractivity contribution in [2.24, 2.45) is 5.73 Å². The molecule has 2 aromatic heterocycles. The first kappa shape index (κ1) is 12.4. The number of carbonyl (C=O) groups is 1. The summed E-state index contributed by atoms with van der Waals surface area (Å²) in [4.78, 5) is 23.2. The first-order valence-corrected chi connectivity index (χ1v) is 6.30. The number of nitrogens with zero attached hydrogens (tertiary/aromatic N) is 3. The van der Waals surface area contributed by atoms with Gasteiger partial charge < -0.3 is 11.1 Å². The summed E-state index contributed by atoms with van der Waals surface area (Å²) in [6, 6.07) is 0. The molecule has 0 spiro atoms. The predicted molar refractivity (Wildman–Crippen MR) is 69.6 cm³/mol. The summed E-state index contributed by atoms with van der Waals surface area (Å²) >= 11 is 1.63. The second-order valence-corrected chi connectivity index (χ2v) is 4.66. The molecule has 0 aromatic carbocycles. The lowest BCUT2D eigenvalue weighted by molar-refractivity contribution is 0.0995. The number of amides is 1. The Kier molecular flexibility index (Phi) is 3.83. The van der Waals surface area contributed by atoms with Crippen LogP contribution in [0.4, 0.5) is 5.82 Å². The molecule has 0 aliphatic carbocycles. The van der Waals surface area contributed by atoms with Gasteiger partial charge >= 0.3 is 0 Å². The summed E-state index contributed by atoms with van der Waals surface area (Å²) in [5.74, 6) is -0.0405. The summed E-state index contributed by atoms with van der Waals surface area (Å²) in [6.07, 6.45) is 3.71. The molecule has 0 aliphatic rings. The van der Waals surface area contributed by atoms with E-state index in [1.165, 1.54) is 6.20 Å². The number of aromatic nitrogens is 3. The molecular formula is C11H13N5OS. The zero-order valence-electron chi connectivity index (χ0n) is 9.88. The van der Waals surface area contributed by atoms with Gasteiger partial charge in [0.05, 0.1) is 17.4 Å². The molecular weight excluding hydrogens is 250 g/mol. The Labute approximate surface area is 108 Å². The van der Waals surface area contributed by atoms with Crippen LogP contribution in [0, 0.1) is 6.92 Å². The summed E-state index contributed by atoms with van der Waals surface area (Å²) < 4.78 is 0. The van der Waals surface area contributed by atoms with Crippen LogP contribution in [0.5, 0.6) is 0 Å². The molecule has 0 radical (unpaired) electrons. The number of thiazole rings is 1. The molecule has 0 fully saturated rings. The fourth-order valence-electron chi connectivity index (χ4n) is 1.38. The van der Waals surface area contributed by atoms with Gasteiger partial charge in [-0.25, -0.2) is 9.97 Å². The highest BCUT2D eigenvalue weighted by Crippen LogP contribution is 2.09. The van der Waals surface area contributed by atoms with Crippen molar-refractivity contribution < 1.29 is 4.79 Å². The van der Waals surface area contributed by atoms with Crippen LogP contribution in [-0.4, -0.2) is 27.4 Å². The van der Waals surface area contributed by atoms with E-state index >= 15 is 0 Å². The average molecular weight is 263 g/mol. The van der Waals surface area contributed by atoms with Gasteiger partial charge in [-0.15, -0.1) is 11.3 Å². The number of carbonyl (C=O) groups excluding carboxylic acids is 1. The predicted octanol–water partition coefficient (Wildman–Crippen LogP) is 0.995. The summed E-state index contributed by atoms with van der Waals surface area (Å²) in [6.45, 7) is 2.65. The van der Waals surface area contributed by atoms with Crippen molar-refractivity contribution in [1.82, 2.24) is 15.0 Å². The minimum absolute atomic E-state index is 0.157. The van der Waals surface area contributed by atoms with Gasteiger partial charge in [0.25, 0.3) is 5.91 Å². The van der Waals surface area contributed by atoms with Gasteiger partial charge in [-0.1, -0.05) is 0 Å². The highest BCUT2D eigenvalue weighted by atomic mass is 32.1. The van der Waals surface area contributed by atoms with E-state index in [9.17, 15) is 4.79 Å². The van der Waals surface area contributed by atoms with E-state index < -0.39 is 5.91 Å². The SMILES string of the molecule is Cc1csc(CCNc2cncc(C(N)=O)n2)n1. The maximum absolute atomic E-state index is 10.9. The van der Waals surface area contributed by atoms with Crippen LogP contribution in [0.1, 0.15) is 21.2 Å². The van der Waals surface area contributed by atoms with Gasteiger partial charge in [-0.3, -0.25) is 9.78 Å². The molecule has 6 nitrogen and oxygen atoms in total. The maximum atomic E-state index is 10.9. The van der Waals surface area contributed by atoms with Crippen molar-refractivity contribution in [2.45, 2.75) is 13.3 Å². The van der Waals surface area contributed by atoms with Gasteiger partial charge in [0.15, 0.2) is 0 Å². The lowest BCUT2D eigenvalue weighted by Gasteiger charge is -2.04. The topological polar surface area (TPSA) is 93.8 Å². The molecule has 1 amide bonds. The molecule has 0 unspecified atom stereocenters. The minimum atomic E-state index is -0.582. The van der Waals surface area contributed by atoms with E-state index in [4.69, 9.17) is 5.73 Å².